The Hall–Kier alpha value is -2.64. The summed E-state index contributed by atoms with van der Waals surface area (Å²) in [5.74, 6) is -0.684. The Kier molecular flexibility index (Phi) is 8.47. The normalized spacial score (nSPS) is 16.7. The summed E-state index contributed by atoms with van der Waals surface area (Å²) in [5.41, 5.74) is 4.36. The van der Waals surface area contributed by atoms with Crippen LogP contribution in [0.4, 0.5) is 0 Å². The maximum atomic E-state index is 12.9. The van der Waals surface area contributed by atoms with E-state index in [2.05, 4.69) is 40.3 Å². The molecule has 0 spiro atoms. The van der Waals surface area contributed by atoms with E-state index in [1.807, 2.05) is 6.07 Å². The fraction of sp³-hybridized carbons (Fsp3) is 0.520. The third-order valence-corrected chi connectivity index (χ3v) is 6.26. The van der Waals surface area contributed by atoms with Gasteiger partial charge in [0.15, 0.2) is 0 Å². The van der Waals surface area contributed by atoms with Crippen molar-refractivity contribution in [2.24, 2.45) is 0 Å². The van der Waals surface area contributed by atoms with E-state index in [4.69, 9.17) is 9.47 Å². The number of ether oxygens (including phenoxy) is 2. The smallest absolute Gasteiger partial charge is 0.340 e. The molecular formula is C25H35N3O4. The molecule has 2 N–H and O–H groups in total. The maximum absolute atomic E-state index is 12.9. The highest BCUT2D eigenvalue weighted by atomic mass is 16.6. The molecule has 1 saturated heterocycles. The molecule has 1 unspecified atom stereocenters. The van der Waals surface area contributed by atoms with Crippen LogP contribution >= 0.6 is 0 Å². The predicted molar refractivity (Wildman–Crippen MR) is 124 cm³/mol. The average Bonchev–Trinajstić information content (AvgIpc) is 3.08. The highest BCUT2D eigenvalue weighted by Crippen LogP contribution is 2.22. The predicted octanol–water partition coefficient (Wildman–Crippen LogP) is 3.74. The molecule has 1 fully saturated rings. The van der Waals surface area contributed by atoms with Crippen molar-refractivity contribution in [3.63, 3.8) is 0 Å². The lowest BCUT2D eigenvalue weighted by Crippen LogP contribution is -2.37. The summed E-state index contributed by atoms with van der Waals surface area (Å²) in [6.45, 7) is 8.77. The second kappa shape index (κ2) is 11.3. The van der Waals surface area contributed by atoms with Crippen LogP contribution in [-0.4, -0.2) is 54.7 Å². The van der Waals surface area contributed by atoms with Gasteiger partial charge in [0.2, 0.25) is 0 Å². The Balaban J connectivity index is 1.66. The van der Waals surface area contributed by atoms with Gasteiger partial charge < -0.3 is 19.8 Å². The fourth-order valence-electron chi connectivity index (χ4n) is 4.33. The number of amides is 1. The van der Waals surface area contributed by atoms with Crippen LogP contribution < -0.4 is 5.32 Å². The summed E-state index contributed by atoms with van der Waals surface area (Å²) in [6.07, 6.45) is 3.78. The van der Waals surface area contributed by atoms with Gasteiger partial charge in [-0.25, -0.2) is 4.79 Å². The van der Waals surface area contributed by atoms with Crippen LogP contribution in [0.25, 0.3) is 0 Å². The van der Waals surface area contributed by atoms with Crippen molar-refractivity contribution in [3.8, 4) is 0 Å². The highest BCUT2D eigenvalue weighted by Gasteiger charge is 2.23. The first-order valence-corrected chi connectivity index (χ1v) is 11.4. The third-order valence-electron chi connectivity index (χ3n) is 6.26. The van der Waals surface area contributed by atoms with E-state index in [0.29, 0.717) is 41.7 Å². The first-order chi connectivity index (χ1) is 15.4. The van der Waals surface area contributed by atoms with Crippen LogP contribution in [0.3, 0.4) is 0 Å². The van der Waals surface area contributed by atoms with E-state index in [1.165, 1.54) is 24.8 Å². The number of rotatable bonds is 9. The number of benzene rings is 1. The second-order valence-electron chi connectivity index (χ2n) is 8.52. The monoisotopic (exact) mass is 441 g/mol. The Morgan fingerprint density at radius 2 is 1.91 bits per heavy atom. The molecule has 1 aromatic carbocycles. The summed E-state index contributed by atoms with van der Waals surface area (Å²) in [4.78, 5) is 30.9. The lowest BCUT2D eigenvalue weighted by atomic mass is 10.0. The molecule has 1 amide bonds. The molecule has 1 aliphatic heterocycles. The second-order valence-corrected chi connectivity index (χ2v) is 8.52. The molecule has 7 heteroatoms. The Bertz CT molecular complexity index is 937. The standard InChI is InChI=1S/C25H35N3O4/c1-17-9-7-8-12-28(17)16-21-11-6-5-10-20(21)15-26-24(29)23-18(2)22(19(3)27-23)25(30)32-14-13-31-4/h5-6,10-11,17,27H,7-9,12-16H2,1-4H3,(H,26,29). The van der Waals surface area contributed by atoms with E-state index in [9.17, 15) is 9.59 Å². The number of hydrogen-bond acceptors (Lipinski definition) is 5. The zero-order valence-electron chi connectivity index (χ0n) is 19.6. The summed E-state index contributed by atoms with van der Waals surface area (Å²) >= 11 is 0. The molecule has 2 heterocycles. The number of hydrogen-bond donors (Lipinski definition) is 2. The van der Waals surface area contributed by atoms with Crippen molar-refractivity contribution in [2.45, 2.75) is 59.2 Å². The van der Waals surface area contributed by atoms with Crippen molar-refractivity contribution in [2.75, 3.05) is 26.9 Å². The summed E-state index contributed by atoms with van der Waals surface area (Å²) < 4.78 is 10.1. The number of piperidine rings is 1. The lowest BCUT2D eigenvalue weighted by Gasteiger charge is -2.33. The van der Waals surface area contributed by atoms with E-state index in [0.717, 1.165) is 18.7 Å². The van der Waals surface area contributed by atoms with Crippen LogP contribution in [0.15, 0.2) is 24.3 Å². The molecule has 1 aliphatic rings. The molecule has 0 aliphatic carbocycles. The molecule has 3 rings (SSSR count). The minimum atomic E-state index is -0.451. The van der Waals surface area contributed by atoms with Crippen molar-refractivity contribution in [3.05, 3.63) is 57.9 Å². The topological polar surface area (TPSA) is 83.7 Å². The van der Waals surface area contributed by atoms with Crippen LogP contribution in [0.1, 0.15) is 69.4 Å². The minimum absolute atomic E-state index is 0.174. The zero-order valence-corrected chi connectivity index (χ0v) is 19.6. The fourth-order valence-corrected chi connectivity index (χ4v) is 4.33. The van der Waals surface area contributed by atoms with E-state index in [-0.39, 0.29) is 12.5 Å². The Morgan fingerprint density at radius 1 is 1.16 bits per heavy atom. The zero-order chi connectivity index (χ0) is 23.1. The number of H-pyrrole nitrogens is 1. The maximum Gasteiger partial charge on any atom is 0.340 e. The molecule has 0 bridgehead atoms. The molecule has 174 valence electrons. The minimum Gasteiger partial charge on any atom is -0.460 e. The Morgan fingerprint density at radius 3 is 2.62 bits per heavy atom. The van der Waals surface area contributed by atoms with E-state index in [1.54, 1.807) is 21.0 Å². The van der Waals surface area contributed by atoms with Gasteiger partial charge in [0.25, 0.3) is 5.91 Å². The number of aromatic amines is 1. The Labute approximate surface area is 190 Å². The average molecular weight is 442 g/mol. The number of esters is 1. The SMILES string of the molecule is COCCOC(=O)c1c(C)[nH]c(C(=O)NCc2ccccc2CN2CCCCC2C)c1C. The molecule has 7 nitrogen and oxygen atoms in total. The van der Waals surface area contributed by atoms with Gasteiger partial charge in [-0.05, 0) is 56.8 Å². The first kappa shape index (κ1) is 24.0. The number of carbonyl (C=O) groups excluding carboxylic acids is 2. The number of nitrogens with one attached hydrogen (secondary N) is 2. The number of methoxy groups -OCH3 is 1. The highest BCUT2D eigenvalue weighted by molar-refractivity contribution is 6.00. The molecule has 0 saturated carbocycles. The van der Waals surface area contributed by atoms with Gasteiger partial charge in [-0.15, -0.1) is 0 Å². The molecule has 32 heavy (non-hydrogen) atoms. The van der Waals surface area contributed by atoms with Gasteiger partial charge in [0.1, 0.15) is 12.3 Å². The molecule has 1 aromatic heterocycles. The van der Waals surface area contributed by atoms with Crippen molar-refractivity contribution in [1.29, 1.82) is 0 Å². The van der Waals surface area contributed by atoms with Crippen molar-refractivity contribution >= 4 is 11.9 Å². The van der Waals surface area contributed by atoms with Gasteiger partial charge in [0, 0.05) is 31.9 Å². The number of aromatic nitrogens is 1. The number of carbonyl (C=O) groups is 2. The van der Waals surface area contributed by atoms with E-state index < -0.39 is 5.97 Å². The molecule has 1 atom stereocenters. The van der Waals surface area contributed by atoms with Crippen molar-refractivity contribution < 1.29 is 19.1 Å². The van der Waals surface area contributed by atoms with Gasteiger partial charge in [-0.3, -0.25) is 9.69 Å². The largest absolute Gasteiger partial charge is 0.460 e. The third kappa shape index (κ3) is 5.78. The number of aryl methyl sites for hydroxylation is 1. The van der Waals surface area contributed by atoms with Crippen molar-refractivity contribution in [1.82, 2.24) is 15.2 Å². The van der Waals surface area contributed by atoms with Crippen LogP contribution in [0, 0.1) is 13.8 Å². The molecular weight excluding hydrogens is 406 g/mol. The van der Waals surface area contributed by atoms with Crippen LogP contribution in [0.2, 0.25) is 0 Å². The summed E-state index contributed by atoms with van der Waals surface area (Å²) in [5, 5.41) is 3.02. The summed E-state index contributed by atoms with van der Waals surface area (Å²) in [6, 6.07) is 8.84. The number of likely N-dealkylation sites (tertiary alicyclic amines) is 1. The van der Waals surface area contributed by atoms with Gasteiger partial charge in [-0.2, -0.15) is 0 Å². The van der Waals surface area contributed by atoms with Gasteiger partial charge in [0.05, 0.1) is 12.2 Å². The quantitative estimate of drug-likeness (QED) is 0.458. The van der Waals surface area contributed by atoms with Crippen LogP contribution in [-0.2, 0) is 22.6 Å². The molecule has 0 radical (unpaired) electrons. The van der Waals surface area contributed by atoms with Gasteiger partial charge in [-0.1, -0.05) is 30.7 Å². The van der Waals surface area contributed by atoms with Crippen LogP contribution in [0.5, 0.6) is 0 Å². The number of nitrogens with zero attached hydrogens (tertiary/aromatic N) is 1. The van der Waals surface area contributed by atoms with E-state index >= 15 is 0 Å². The van der Waals surface area contributed by atoms with Gasteiger partial charge >= 0.3 is 5.97 Å². The molecule has 2 aromatic rings. The summed E-state index contributed by atoms with van der Waals surface area (Å²) in [7, 11) is 1.55. The lowest BCUT2D eigenvalue weighted by molar-refractivity contribution is 0.0387. The first-order valence-electron chi connectivity index (χ1n) is 11.4.